The van der Waals surface area contributed by atoms with Crippen molar-refractivity contribution in [3.8, 4) is 0 Å². The Hall–Kier alpha value is -1.44. The highest BCUT2D eigenvalue weighted by Gasteiger charge is 2.23. The van der Waals surface area contributed by atoms with Crippen molar-refractivity contribution in [2.24, 2.45) is 5.92 Å². The third kappa shape index (κ3) is 7.02. The fourth-order valence-electron chi connectivity index (χ4n) is 4.51. The molecule has 1 aromatic rings. The lowest BCUT2D eigenvalue weighted by Crippen LogP contribution is -2.35. The zero-order valence-electron chi connectivity index (χ0n) is 20.2. The van der Waals surface area contributed by atoms with Crippen molar-refractivity contribution in [1.82, 2.24) is 14.9 Å². The van der Waals surface area contributed by atoms with Gasteiger partial charge in [0.25, 0.3) is 0 Å². The minimum absolute atomic E-state index is 0.102. The summed E-state index contributed by atoms with van der Waals surface area (Å²) < 4.78 is 28.4. The Balaban J connectivity index is 1.74. The molecule has 7 heteroatoms. The van der Waals surface area contributed by atoms with Gasteiger partial charge in [-0.2, -0.15) is 0 Å². The number of likely N-dealkylation sites (tertiary alicyclic amines) is 1. The van der Waals surface area contributed by atoms with Crippen LogP contribution in [-0.4, -0.2) is 51.9 Å². The lowest BCUT2D eigenvalue weighted by molar-refractivity contribution is -0.120. The Bertz CT molecular complexity index is 852. The van der Waals surface area contributed by atoms with Gasteiger partial charge >= 0.3 is 0 Å². The van der Waals surface area contributed by atoms with Gasteiger partial charge in [-0.1, -0.05) is 6.92 Å². The van der Waals surface area contributed by atoms with Crippen LogP contribution in [-0.2, 0) is 14.8 Å². The molecule has 0 radical (unpaired) electrons. The van der Waals surface area contributed by atoms with Gasteiger partial charge in [-0.25, -0.2) is 13.1 Å². The number of nitrogens with one attached hydrogen (secondary N) is 2. The number of benzene rings is 1. The van der Waals surface area contributed by atoms with E-state index in [-0.39, 0.29) is 18.9 Å². The quantitative estimate of drug-likeness (QED) is 0.534. The molecule has 0 aromatic heterocycles. The maximum absolute atomic E-state index is 12.9. The summed E-state index contributed by atoms with van der Waals surface area (Å²) in [7, 11) is -3.66. The Labute approximate surface area is 189 Å². The number of hydrogen-bond donors (Lipinski definition) is 2. The number of carbonyl (C=O) groups is 1. The van der Waals surface area contributed by atoms with Crippen molar-refractivity contribution >= 4 is 15.9 Å². The molecular formula is C24H41N3O3S. The van der Waals surface area contributed by atoms with E-state index in [0.29, 0.717) is 11.4 Å². The molecule has 0 bridgehead atoms. The predicted octanol–water partition coefficient (Wildman–Crippen LogP) is 3.53. The smallest absolute Gasteiger partial charge is 0.241 e. The highest BCUT2D eigenvalue weighted by atomic mass is 32.2. The number of carbonyl (C=O) groups excluding carboxylic acids is 1. The van der Waals surface area contributed by atoms with Crippen molar-refractivity contribution in [3.05, 3.63) is 27.8 Å². The van der Waals surface area contributed by atoms with Gasteiger partial charge in [-0.05, 0) is 107 Å². The minimum atomic E-state index is -3.66. The van der Waals surface area contributed by atoms with Crippen LogP contribution in [0.5, 0.6) is 0 Å². The van der Waals surface area contributed by atoms with E-state index in [1.54, 1.807) is 0 Å². The SMILES string of the molecule is Cc1c(C)c(C)c(S(=O)(=O)NCCC(=O)NCCCCN2CCCC(C)C2)c(C)c1C. The molecule has 2 rings (SSSR count). The summed E-state index contributed by atoms with van der Waals surface area (Å²) in [5, 5.41) is 2.91. The topological polar surface area (TPSA) is 78.5 Å². The average Bonchev–Trinajstić information content (AvgIpc) is 2.70. The summed E-state index contributed by atoms with van der Waals surface area (Å²) in [6, 6.07) is 0. The molecule has 1 heterocycles. The third-order valence-corrected chi connectivity index (χ3v) is 8.54. The van der Waals surface area contributed by atoms with Gasteiger partial charge in [0, 0.05) is 26.1 Å². The van der Waals surface area contributed by atoms with Gasteiger partial charge in [-0.3, -0.25) is 4.79 Å². The fourth-order valence-corrected chi connectivity index (χ4v) is 6.13. The number of piperidine rings is 1. The van der Waals surface area contributed by atoms with Gasteiger partial charge in [0.1, 0.15) is 0 Å². The van der Waals surface area contributed by atoms with Crippen molar-refractivity contribution in [1.29, 1.82) is 0 Å². The number of hydrogen-bond acceptors (Lipinski definition) is 4. The van der Waals surface area contributed by atoms with E-state index in [1.165, 1.54) is 25.9 Å². The molecule has 1 saturated heterocycles. The van der Waals surface area contributed by atoms with Gasteiger partial charge in [0.05, 0.1) is 4.90 Å². The first-order chi connectivity index (χ1) is 14.5. The molecule has 2 N–H and O–H groups in total. The van der Waals surface area contributed by atoms with Gasteiger partial charge in [0.15, 0.2) is 0 Å². The summed E-state index contributed by atoms with van der Waals surface area (Å²) in [6.45, 7) is 16.1. The summed E-state index contributed by atoms with van der Waals surface area (Å²) in [5.41, 5.74) is 4.69. The molecular weight excluding hydrogens is 410 g/mol. The molecule has 31 heavy (non-hydrogen) atoms. The van der Waals surface area contributed by atoms with Gasteiger partial charge in [-0.15, -0.1) is 0 Å². The van der Waals surface area contributed by atoms with Crippen molar-refractivity contribution in [2.75, 3.05) is 32.7 Å². The second-order valence-corrected chi connectivity index (χ2v) is 10.9. The zero-order valence-corrected chi connectivity index (χ0v) is 21.0. The molecule has 0 aliphatic carbocycles. The molecule has 1 amide bonds. The molecule has 1 aliphatic rings. The largest absolute Gasteiger partial charge is 0.356 e. The van der Waals surface area contributed by atoms with Crippen LogP contribution in [0, 0.1) is 40.5 Å². The first kappa shape index (κ1) is 25.8. The summed E-state index contributed by atoms with van der Waals surface area (Å²) in [4.78, 5) is 15.0. The van der Waals surface area contributed by atoms with Crippen LogP contribution in [0.1, 0.15) is 66.8 Å². The van der Waals surface area contributed by atoms with Crippen LogP contribution in [0.4, 0.5) is 0 Å². The number of nitrogens with zero attached hydrogens (tertiary/aromatic N) is 1. The highest BCUT2D eigenvalue weighted by Crippen LogP contribution is 2.29. The van der Waals surface area contributed by atoms with E-state index in [1.807, 2.05) is 34.6 Å². The monoisotopic (exact) mass is 451 g/mol. The molecule has 1 unspecified atom stereocenters. The molecule has 0 saturated carbocycles. The fraction of sp³-hybridized carbons (Fsp3) is 0.708. The predicted molar refractivity (Wildman–Crippen MR) is 127 cm³/mol. The lowest BCUT2D eigenvalue weighted by atomic mass is 9.95. The van der Waals surface area contributed by atoms with Crippen LogP contribution in [0.2, 0.25) is 0 Å². The standard InChI is InChI=1S/C24H41N3O3S/c1-17-10-9-15-27(16-17)14-8-7-12-25-23(28)11-13-26-31(29,30)24-21(5)19(3)18(2)20(4)22(24)6/h17,26H,7-16H2,1-6H3,(H,25,28). The van der Waals surface area contributed by atoms with Crippen LogP contribution in [0.25, 0.3) is 0 Å². The second kappa shape index (κ2) is 11.4. The number of rotatable bonds is 10. The summed E-state index contributed by atoms with van der Waals surface area (Å²) in [5.74, 6) is 0.677. The third-order valence-electron chi connectivity index (χ3n) is 6.81. The van der Waals surface area contributed by atoms with Crippen molar-refractivity contribution in [3.63, 3.8) is 0 Å². The molecule has 1 atom stereocenters. The van der Waals surface area contributed by atoms with Crippen LogP contribution < -0.4 is 10.0 Å². The van der Waals surface area contributed by atoms with Crippen LogP contribution >= 0.6 is 0 Å². The second-order valence-electron chi connectivity index (χ2n) is 9.21. The van der Waals surface area contributed by atoms with Crippen LogP contribution in [0.15, 0.2) is 4.90 Å². The lowest BCUT2D eigenvalue weighted by Gasteiger charge is -2.30. The summed E-state index contributed by atoms with van der Waals surface area (Å²) in [6.07, 6.45) is 4.78. The van der Waals surface area contributed by atoms with E-state index >= 15 is 0 Å². The molecule has 1 aromatic carbocycles. The van der Waals surface area contributed by atoms with Crippen LogP contribution in [0.3, 0.4) is 0 Å². The van der Waals surface area contributed by atoms with E-state index in [2.05, 4.69) is 21.9 Å². The Morgan fingerprint density at radius 2 is 1.58 bits per heavy atom. The zero-order chi connectivity index (χ0) is 23.2. The molecule has 6 nitrogen and oxygen atoms in total. The Kier molecular flexibility index (Phi) is 9.52. The van der Waals surface area contributed by atoms with Crippen molar-refractivity contribution in [2.45, 2.75) is 78.5 Å². The first-order valence-corrected chi connectivity index (χ1v) is 13.1. The highest BCUT2D eigenvalue weighted by molar-refractivity contribution is 7.89. The van der Waals surface area contributed by atoms with E-state index in [4.69, 9.17) is 0 Å². The Morgan fingerprint density at radius 1 is 0.968 bits per heavy atom. The van der Waals surface area contributed by atoms with E-state index in [9.17, 15) is 13.2 Å². The van der Waals surface area contributed by atoms with Gasteiger partial charge in [0.2, 0.25) is 15.9 Å². The summed E-state index contributed by atoms with van der Waals surface area (Å²) >= 11 is 0. The first-order valence-electron chi connectivity index (χ1n) is 11.6. The molecule has 0 spiro atoms. The number of sulfonamides is 1. The van der Waals surface area contributed by atoms with E-state index < -0.39 is 10.0 Å². The van der Waals surface area contributed by atoms with E-state index in [0.717, 1.165) is 53.1 Å². The van der Waals surface area contributed by atoms with Crippen molar-refractivity contribution < 1.29 is 13.2 Å². The average molecular weight is 452 g/mol. The maximum atomic E-state index is 12.9. The Morgan fingerprint density at radius 3 is 2.19 bits per heavy atom. The molecule has 1 fully saturated rings. The number of unbranched alkanes of at least 4 members (excludes halogenated alkanes) is 1. The normalized spacial score (nSPS) is 17.7. The molecule has 1 aliphatic heterocycles. The van der Waals surface area contributed by atoms with Gasteiger partial charge < -0.3 is 10.2 Å². The number of amides is 1. The maximum Gasteiger partial charge on any atom is 0.241 e. The molecule has 176 valence electrons. The minimum Gasteiger partial charge on any atom is -0.356 e.